The van der Waals surface area contributed by atoms with Crippen molar-refractivity contribution in [3.05, 3.63) is 41.4 Å². The van der Waals surface area contributed by atoms with Crippen LogP contribution >= 0.6 is 11.6 Å². The molecule has 0 unspecified atom stereocenters. The number of nitrogens with one attached hydrogen (secondary N) is 2. The number of hydrogen-bond acceptors (Lipinski definition) is 4. The van der Waals surface area contributed by atoms with Crippen LogP contribution in [0.4, 0.5) is 5.69 Å². The van der Waals surface area contributed by atoms with E-state index in [1.807, 2.05) is 6.20 Å². The molecule has 0 bridgehead atoms. The average Bonchev–Trinajstić information content (AvgIpc) is 3.19. The zero-order valence-corrected chi connectivity index (χ0v) is 16.5. The Morgan fingerprint density at radius 1 is 1.48 bits per heavy atom. The topological polar surface area (TPSA) is 70.2 Å². The molecular formula is C20H27ClN4O2. The molecule has 146 valence electrons. The summed E-state index contributed by atoms with van der Waals surface area (Å²) in [6, 6.07) is 5.28. The number of amides is 1. The average molecular weight is 391 g/mol. The van der Waals surface area contributed by atoms with Crippen LogP contribution in [0.5, 0.6) is 5.75 Å². The molecule has 0 aliphatic carbocycles. The zero-order chi connectivity index (χ0) is 19.1. The third-order valence-electron chi connectivity index (χ3n) is 5.04. The number of nitrogens with zero attached hydrogens (tertiary/aromatic N) is 2. The monoisotopic (exact) mass is 390 g/mol. The van der Waals surface area contributed by atoms with Crippen molar-refractivity contribution in [1.29, 1.82) is 0 Å². The van der Waals surface area contributed by atoms with E-state index in [0.717, 1.165) is 38.3 Å². The van der Waals surface area contributed by atoms with Crippen LogP contribution in [-0.2, 0) is 11.2 Å². The summed E-state index contributed by atoms with van der Waals surface area (Å²) in [5, 5.41) is 3.42. The standard InChI is InChI=1S/C20H27ClN4O2/c1-27-18-6-5-16(13-17(18)21)24-20(26)7-4-15-3-2-11-25(14-15)12-8-19-22-9-10-23-19/h5-6,9-10,13,15H,2-4,7-8,11-12,14H2,1H3,(H,22,23)(H,24,26)/t15-/m1/s1. The van der Waals surface area contributed by atoms with E-state index in [2.05, 4.69) is 20.2 Å². The van der Waals surface area contributed by atoms with Crippen molar-refractivity contribution in [1.82, 2.24) is 14.9 Å². The number of benzene rings is 1. The van der Waals surface area contributed by atoms with E-state index in [-0.39, 0.29) is 5.91 Å². The Hall–Kier alpha value is -2.05. The van der Waals surface area contributed by atoms with Gasteiger partial charge in [-0.25, -0.2) is 4.98 Å². The molecule has 27 heavy (non-hydrogen) atoms. The summed E-state index contributed by atoms with van der Waals surface area (Å²) < 4.78 is 5.13. The second kappa shape index (κ2) is 9.76. The van der Waals surface area contributed by atoms with Crippen LogP contribution in [0.2, 0.25) is 5.02 Å². The van der Waals surface area contributed by atoms with Gasteiger partial charge >= 0.3 is 0 Å². The highest BCUT2D eigenvalue weighted by Gasteiger charge is 2.20. The fraction of sp³-hybridized carbons (Fsp3) is 0.500. The summed E-state index contributed by atoms with van der Waals surface area (Å²) in [6.45, 7) is 3.21. The molecule has 1 aromatic heterocycles. The summed E-state index contributed by atoms with van der Waals surface area (Å²) in [5.41, 5.74) is 0.703. The Morgan fingerprint density at radius 3 is 3.11 bits per heavy atom. The first-order chi connectivity index (χ1) is 13.1. The molecule has 0 radical (unpaired) electrons. The summed E-state index contributed by atoms with van der Waals surface area (Å²) in [7, 11) is 1.57. The van der Waals surface area contributed by atoms with Crippen LogP contribution in [0, 0.1) is 5.92 Å². The van der Waals surface area contributed by atoms with Crippen molar-refractivity contribution in [2.75, 3.05) is 32.1 Å². The van der Waals surface area contributed by atoms with Gasteiger partial charge in [-0.05, 0) is 49.9 Å². The highest BCUT2D eigenvalue weighted by atomic mass is 35.5. The Balaban J connectivity index is 1.40. The highest BCUT2D eigenvalue weighted by molar-refractivity contribution is 6.32. The number of carbonyl (C=O) groups excluding carboxylic acids is 1. The van der Waals surface area contributed by atoms with Crippen molar-refractivity contribution < 1.29 is 9.53 Å². The van der Waals surface area contributed by atoms with Gasteiger partial charge in [-0.1, -0.05) is 11.6 Å². The smallest absolute Gasteiger partial charge is 0.224 e. The van der Waals surface area contributed by atoms with Crippen molar-refractivity contribution in [2.45, 2.75) is 32.1 Å². The van der Waals surface area contributed by atoms with Gasteiger partial charge < -0.3 is 19.9 Å². The first kappa shape index (κ1) is 19.7. The number of piperidine rings is 1. The van der Waals surface area contributed by atoms with E-state index in [9.17, 15) is 4.79 Å². The predicted octanol–water partition coefficient (Wildman–Crippen LogP) is 3.75. The van der Waals surface area contributed by atoms with Gasteiger partial charge in [0.25, 0.3) is 0 Å². The molecule has 2 heterocycles. The molecule has 2 N–H and O–H groups in total. The van der Waals surface area contributed by atoms with Gasteiger partial charge in [0.15, 0.2) is 0 Å². The molecule has 1 atom stereocenters. The zero-order valence-electron chi connectivity index (χ0n) is 15.7. The third-order valence-corrected chi connectivity index (χ3v) is 5.33. The van der Waals surface area contributed by atoms with Crippen molar-refractivity contribution in [3.8, 4) is 5.75 Å². The quantitative estimate of drug-likeness (QED) is 0.720. The Kier molecular flexibility index (Phi) is 7.12. The maximum atomic E-state index is 12.3. The number of halogens is 1. The number of rotatable bonds is 8. The number of H-pyrrole nitrogens is 1. The second-order valence-electron chi connectivity index (χ2n) is 7.03. The molecule has 3 rings (SSSR count). The Labute approximate surface area is 165 Å². The van der Waals surface area contributed by atoms with Gasteiger partial charge in [0.05, 0.1) is 12.1 Å². The van der Waals surface area contributed by atoms with E-state index >= 15 is 0 Å². The molecule has 1 saturated heterocycles. The SMILES string of the molecule is COc1ccc(NC(=O)CC[C@H]2CCCN(CCc3ncc[nH]3)C2)cc1Cl. The number of methoxy groups -OCH3 is 1. The number of likely N-dealkylation sites (tertiary alicyclic amines) is 1. The lowest BCUT2D eigenvalue weighted by Gasteiger charge is -2.32. The van der Waals surface area contributed by atoms with Crippen LogP contribution in [0.1, 0.15) is 31.5 Å². The Bertz CT molecular complexity index is 736. The summed E-state index contributed by atoms with van der Waals surface area (Å²) in [6.07, 6.45) is 8.43. The molecule has 2 aromatic rings. The van der Waals surface area contributed by atoms with Gasteiger partial charge in [-0.3, -0.25) is 4.79 Å². The summed E-state index contributed by atoms with van der Waals surface area (Å²) in [5.74, 6) is 2.24. The van der Waals surface area contributed by atoms with Crippen LogP contribution in [0.25, 0.3) is 0 Å². The van der Waals surface area contributed by atoms with Gasteiger partial charge in [0.1, 0.15) is 11.6 Å². The molecule has 1 aliphatic heterocycles. The van der Waals surface area contributed by atoms with Crippen LogP contribution in [0.15, 0.2) is 30.6 Å². The summed E-state index contributed by atoms with van der Waals surface area (Å²) in [4.78, 5) is 22.2. The first-order valence-corrected chi connectivity index (χ1v) is 9.86. The van der Waals surface area contributed by atoms with Crippen molar-refractivity contribution in [2.24, 2.45) is 5.92 Å². The lowest BCUT2D eigenvalue weighted by atomic mass is 9.93. The van der Waals surface area contributed by atoms with Gasteiger partial charge in [0, 0.05) is 44.0 Å². The maximum Gasteiger partial charge on any atom is 0.224 e. The molecule has 7 heteroatoms. The number of ether oxygens (including phenoxy) is 1. The molecule has 0 saturated carbocycles. The number of aromatic nitrogens is 2. The lowest BCUT2D eigenvalue weighted by molar-refractivity contribution is -0.116. The van der Waals surface area contributed by atoms with Crippen molar-refractivity contribution in [3.63, 3.8) is 0 Å². The fourth-order valence-corrected chi connectivity index (χ4v) is 3.85. The van der Waals surface area contributed by atoms with E-state index in [1.54, 1.807) is 31.5 Å². The summed E-state index contributed by atoms with van der Waals surface area (Å²) >= 11 is 6.11. The van der Waals surface area contributed by atoms with E-state index in [4.69, 9.17) is 16.3 Å². The highest BCUT2D eigenvalue weighted by Crippen LogP contribution is 2.27. The minimum atomic E-state index is 0.0314. The normalized spacial score (nSPS) is 17.6. The molecule has 1 aliphatic rings. The maximum absolute atomic E-state index is 12.3. The number of imidazole rings is 1. The molecule has 0 spiro atoms. The van der Waals surface area contributed by atoms with E-state index in [0.29, 0.717) is 28.8 Å². The second-order valence-corrected chi connectivity index (χ2v) is 7.44. The van der Waals surface area contributed by atoms with Gasteiger partial charge in [-0.15, -0.1) is 0 Å². The molecule has 6 nitrogen and oxygen atoms in total. The lowest BCUT2D eigenvalue weighted by Crippen LogP contribution is -2.37. The van der Waals surface area contributed by atoms with Gasteiger partial charge in [0.2, 0.25) is 5.91 Å². The minimum absolute atomic E-state index is 0.0314. The molecular weight excluding hydrogens is 364 g/mol. The van der Waals surface area contributed by atoms with Crippen LogP contribution in [0.3, 0.4) is 0 Å². The van der Waals surface area contributed by atoms with E-state index in [1.165, 1.54) is 12.8 Å². The number of anilines is 1. The molecule has 1 fully saturated rings. The molecule has 1 aromatic carbocycles. The third kappa shape index (κ3) is 5.97. The predicted molar refractivity (Wildman–Crippen MR) is 107 cm³/mol. The largest absolute Gasteiger partial charge is 0.495 e. The van der Waals surface area contributed by atoms with Crippen LogP contribution < -0.4 is 10.1 Å². The Morgan fingerprint density at radius 2 is 2.37 bits per heavy atom. The van der Waals surface area contributed by atoms with Gasteiger partial charge in [-0.2, -0.15) is 0 Å². The molecule has 1 amide bonds. The first-order valence-electron chi connectivity index (χ1n) is 9.48. The number of aromatic amines is 1. The fourth-order valence-electron chi connectivity index (χ4n) is 3.59. The minimum Gasteiger partial charge on any atom is -0.495 e. The van der Waals surface area contributed by atoms with Crippen LogP contribution in [-0.4, -0.2) is 47.5 Å². The van der Waals surface area contributed by atoms with Crippen molar-refractivity contribution >= 4 is 23.2 Å². The number of carbonyl (C=O) groups is 1. The van der Waals surface area contributed by atoms with E-state index < -0.39 is 0 Å². The number of hydrogen-bond donors (Lipinski definition) is 2.